The van der Waals surface area contributed by atoms with Gasteiger partial charge in [-0.3, -0.25) is 0 Å². The van der Waals surface area contributed by atoms with Gasteiger partial charge >= 0.3 is 0 Å². The molecule has 0 saturated heterocycles. The maximum atomic E-state index is 8.44. The lowest BCUT2D eigenvalue weighted by Crippen LogP contribution is -2.24. The topological polar surface area (TPSA) is 35.8 Å². The van der Waals surface area contributed by atoms with Crippen LogP contribution in [0.5, 0.6) is 0 Å². The molecule has 0 spiro atoms. The van der Waals surface area contributed by atoms with Gasteiger partial charge in [0.15, 0.2) is 0 Å². The highest BCUT2D eigenvalue weighted by atomic mass is 14.9. The number of hydrogen-bond donors (Lipinski definition) is 1. The quantitative estimate of drug-likeness (QED) is 0.758. The Morgan fingerprint density at radius 1 is 1.38 bits per heavy atom. The van der Waals surface area contributed by atoms with E-state index in [1.165, 1.54) is 5.56 Å². The molecule has 0 unspecified atom stereocenters. The first-order valence-electron chi connectivity index (χ1n) is 4.47. The van der Waals surface area contributed by atoms with E-state index in [1.807, 2.05) is 25.1 Å². The minimum absolute atomic E-state index is 0.269. The smallest absolute Gasteiger partial charge is 0.0638 e. The van der Waals surface area contributed by atoms with Gasteiger partial charge in [-0.05, 0) is 12.5 Å². The monoisotopic (exact) mass is 174 g/mol. The van der Waals surface area contributed by atoms with Gasteiger partial charge in [0.1, 0.15) is 0 Å². The zero-order chi connectivity index (χ0) is 9.52. The van der Waals surface area contributed by atoms with E-state index in [2.05, 4.69) is 23.5 Å². The minimum atomic E-state index is 0.269. The van der Waals surface area contributed by atoms with E-state index >= 15 is 0 Å². The fourth-order valence-corrected chi connectivity index (χ4v) is 1.10. The number of nitriles is 1. The third kappa shape index (κ3) is 3.73. The third-order valence-electron chi connectivity index (χ3n) is 1.89. The van der Waals surface area contributed by atoms with Crippen LogP contribution >= 0.6 is 0 Å². The molecule has 1 N–H and O–H groups in total. The summed E-state index contributed by atoms with van der Waals surface area (Å²) in [5.41, 5.74) is 1.26. The summed E-state index contributed by atoms with van der Waals surface area (Å²) in [6.07, 6.45) is 0.562. The Bertz CT molecular complexity index is 274. The highest BCUT2D eigenvalue weighted by molar-refractivity contribution is 5.14. The van der Waals surface area contributed by atoms with Gasteiger partial charge in [0.25, 0.3) is 0 Å². The van der Waals surface area contributed by atoms with E-state index in [1.54, 1.807) is 0 Å². The average molecular weight is 174 g/mol. The van der Waals surface area contributed by atoms with Crippen molar-refractivity contribution in [3.63, 3.8) is 0 Å². The SMILES string of the molecule is C[C@@H](CC#N)NCc1ccccc1. The lowest BCUT2D eigenvalue weighted by Gasteiger charge is -2.09. The number of nitrogens with one attached hydrogen (secondary N) is 1. The van der Waals surface area contributed by atoms with Crippen LogP contribution in [0.25, 0.3) is 0 Å². The highest BCUT2D eigenvalue weighted by Crippen LogP contribution is 1.98. The Morgan fingerprint density at radius 2 is 2.08 bits per heavy atom. The van der Waals surface area contributed by atoms with E-state index in [9.17, 15) is 0 Å². The van der Waals surface area contributed by atoms with Crippen molar-refractivity contribution in [3.05, 3.63) is 35.9 Å². The number of rotatable bonds is 4. The van der Waals surface area contributed by atoms with Gasteiger partial charge in [0.2, 0.25) is 0 Å². The Labute approximate surface area is 79.2 Å². The molecule has 0 aromatic heterocycles. The predicted octanol–water partition coefficient (Wildman–Crippen LogP) is 2.08. The molecule has 2 heteroatoms. The molecule has 1 aromatic rings. The summed E-state index contributed by atoms with van der Waals surface area (Å²) in [7, 11) is 0. The average Bonchev–Trinajstić information content (AvgIpc) is 2.17. The molecule has 0 aliphatic heterocycles. The maximum absolute atomic E-state index is 8.44. The molecule has 0 bridgehead atoms. The first-order chi connectivity index (χ1) is 6.33. The van der Waals surface area contributed by atoms with Crippen LogP contribution in [0, 0.1) is 11.3 Å². The van der Waals surface area contributed by atoms with Crippen molar-refractivity contribution in [2.75, 3.05) is 0 Å². The van der Waals surface area contributed by atoms with Crippen LogP contribution in [0.15, 0.2) is 30.3 Å². The Hall–Kier alpha value is -1.33. The Kier molecular flexibility index (Phi) is 4.01. The van der Waals surface area contributed by atoms with Gasteiger partial charge in [-0.15, -0.1) is 0 Å². The molecule has 0 radical (unpaired) electrons. The van der Waals surface area contributed by atoms with Gasteiger partial charge in [-0.25, -0.2) is 0 Å². The molecule has 0 amide bonds. The summed E-state index contributed by atoms with van der Waals surface area (Å²) in [5.74, 6) is 0. The zero-order valence-corrected chi connectivity index (χ0v) is 7.83. The van der Waals surface area contributed by atoms with E-state index in [-0.39, 0.29) is 6.04 Å². The standard InChI is InChI=1S/C11H14N2/c1-10(7-8-12)13-9-11-5-3-2-4-6-11/h2-6,10,13H,7,9H2,1H3/t10-/m0/s1. The molecule has 0 fully saturated rings. The van der Waals surface area contributed by atoms with Crippen LogP contribution in [-0.2, 0) is 6.54 Å². The second-order valence-corrected chi connectivity index (χ2v) is 3.13. The van der Waals surface area contributed by atoms with Gasteiger partial charge in [0, 0.05) is 12.6 Å². The summed E-state index contributed by atoms with van der Waals surface area (Å²) < 4.78 is 0. The second-order valence-electron chi connectivity index (χ2n) is 3.13. The normalized spacial score (nSPS) is 12.0. The lowest BCUT2D eigenvalue weighted by atomic mass is 10.2. The first-order valence-corrected chi connectivity index (χ1v) is 4.47. The number of hydrogen-bond acceptors (Lipinski definition) is 2. The van der Waals surface area contributed by atoms with E-state index in [0.29, 0.717) is 6.42 Å². The molecule has 1 atom stereocenters. The summed E-state index contributed by atoms with van der Waals surface area (Å²) in [6.45, 7) is 2.86. The van der Waals surface area contributed by atoms with Crippen LogP contribution in [0.2, 0.25) is 0 Å². The van der Waals surface area contributed by atoms with Gasteiger partial charge in [0.05, 0.1) is 12.5 Å². The van der Waals surface area contributed by atoms with Crippen molar-refractivity contribution in [2.24, 2.45) is 0 Å². The molecule has 0 aliphatic carbocycles. The van der Waals surface area contributed by atoms with Gasteiger partial charge in [-0.2, -0.15) is 5.26 Å². The molecule has 0 heterocycles. The lowest BCUT2D eigenvalue weighted by molar-refractivity contribution is 0.557. The summed E-state index contributed by atoms with van der Waals surface area (Å²) >= 11 is 0. The second kappa shape index (κ2) is 5.34. The van der Waals surface area contributed by atoms with E-state index in [0.717, 1.165) is 6.54 Å². The zero-order valence-electron chi connectivity index (χ0n) is 7.83. The van der Waals surface area contributed by atoms with Crippen LogP contribution in [0.1, 0.15) is 18.9 Å². The fraction of sp³-hybridized carbons (Fsp3) is 0.364. The number of nitrogens with zero attached hydrogens (tertiary/aromatic N) is 1. The molecule has 2 nitrogen and oxygen atoms in total. The van der Waals surface area contributed by atoms with Crippen LogP contribution < -0.4 is 5.32 Å². The van der Waals surface area contributed by atoms with Crippen LogP contribution in [0.4, 0.5) is 0 Å². The largest absolute Gasteiger partial charge is 0.309 e. The van der Waals surface area contributed by atoms with E-state index < -0.39 is 0 Å². The number of benzene rings is 1. The summed E-state index contributed by atoms with van der Waals surface area (Å²) in [6, 6.07) is 12.6. The molecule has 68 valence electrons. The Balaban J connectivity index is 2.32. The Morgan fingerprint density at radius 3 is 2.69 bits per heavy atom. The van der Waals surface area contributed by atoms with Crippen molar-refractivity contribution >= 4 is 0 Å². The van der Waals surface area contributed by atoms with Crippen molar-refractivity contribution < 1.29 is 0 Å². The molecule has 0 saturated carbocycles. The van der Waals surface area contributed by atoms with Crippen molar-refractivity contribution in [3.8, 4) is 6.07 Å². The van der Waals surface area contributed by atoms with Crippen molar-refractivity contribution in [1.29, 1.82) is 5.26 Å². The summed E-state index contributed by atoms with van der Waals surface area (Å²) in [5, 5.41) is 11.7. The highest BCUT2D eigenvalue weighted by Gasteiger charge is 1.98. The van der Waals surface area contributed by atoms with Crippen molar-refractivity contribution in [1.82, 2.24) is 5.32 Å². The fourth-order valence-electron chi connectivity index (χ4n) is 1.10. The van der Waals surface area contributed by atoms with Crippen LogP contribution in [-0.4, -0.2) is 6.04 Å². The van der Waals surface area contributed by atoms with Crippen LogP contribution in [0.3, 0.4) is 0 Å². The molecule has 1 rings (SSSR count). The predicted molar refractivity (Wildman–Crippen MR) is 53.0 cm³/mol. The molecule has 1 aromatic carbocycles. The molecular formula is C11H14N2. The van der Waals surface area contributed by atoms with Gasteiger partial charge < -0.3 is 5.32 Å². The van der Waals surface area contributed by atoms with E-state index in [4.69, 9.17) is 5.26 Å². The molecule has 13 heavy (non-hydrogen) atoms. The molecule has 0 aliphatic rings. The maximum Gasteiger partial charge on any atom is 0.0638 e. The first kappa shape index (κ1) is 9.76. The van der Waals surface area contributed by atoms with Crippen molar-refractivity contribution in [2.45, 2.75) is 25.9 Å². The minimum Gasteiger partial charge on any atom is -0.309 e. The summed E-state index contributed by atoms with van der Waals surface area (Å²) in [4.78, 5) is 0. The molecular weight excluding hydrogens is 160 g/mol. The third-order valence-corrected chi connectivity index (χ3v) is 1.89. The van der Waals surface area contributed by atoms with Gasteiger partial charge in [-0.1, -0.05) is 30.3 Å².